The molecule has 104 valence electrons. The van der Waals surface area contributed by atoms with E-state index < -0.39 is 0 Å². The minimum absolute atomic E-state index is 0.0250. The Morgan fingerprint density at radius 1 is 1.26 bits per heavy atom. The first kappa shape index (κ1) is 15.2. The van der Waals surface area contributed by atoms with Gasteiger partial charge in [0.2, 0.25) is 5.91 Å². The first-order valence-corrected chi connectivity index (χ1v) is 6.33. The van der Waals surface area contributed by atoms with E-state index in [1.54, 1.807) is 19.2 Å². The second-order valence-corrected chi connectivity index (χ2v) is 4.26. The number of aliphatic hydroxyl groups is 1. The minimum atomic E-state index is -0.128. The molecule has 0 unspecified atom stereocenters. The number of carbonyl (C=O) groups is 2. The Morgan fingerprint density at radius 2 is 1.95 bits per heavy atom. The van der Waals surface area contributed by atoms with Crippen molar-refractivity contribution >= 4 is 11.8 Å². The van der Waals surface area contributed by atoms with Crippen LogP contribution in [0, 0.1) is 0 Å². The van der Waals surface area contributed by atoms with Gasteiger partial charge in [-0.15, -0.1) is 0 Å². The summed E-state index contributed by atoms with van der Waals surface area (Å²) in [5, 5.41) is 11.5. The van der Waals surface area contributed by atoms with Crippen LogP contribution in [0.5, 0.6) is 0 Å². The zero-order valence-electron chi connectivity index (χ0n) is 11.1. The molecular weight excluding hydrogens is 244 g/mol. The topological polar surface area (TPSA) is 69.6 Å². The van der Waals surface area contributed by atoms with E-state index in [-0.39, 0.29) is 18.4 Å². The van der Waals surface area contributed by atoms with E-state index >= 15 is 0 Å². The summed E-state index contributed by atoms with van der Waals surface area (Å²) in [6.07, 6.45) is 0.957. The van der Waals surface area contributed by atoms with Crippen LogP contribution < -0.4 is 5.32 Å². The smallest absolute Gasteiger partial charge is 0.251 e. The summed E-state index contributed by atoms with van der Waals surface area (Å²) in [5.41, 5.74) is 0.617. The van der Waals surface area contributed by atoms with Crippen molar-refractivity contribution in [2.75, 3.05) is 26.7 Å². The maximum absolute atomic E-state index is 11.7. The average Bonchev–Trinajstić information content (AvgIpc) is 2.44. The molecule has 1 aromatic carbocycles. The second-order valence-electron chi connectivity index (χ2n) is 4.26. The second kappa shape index (κ2) is 8.26. The third-order valence-electron chi connectivity index (χ3n) is 2.75. The molecule has 0 aliphatic carbocycles. The van der Waals surface area contributed by atoms with Gasteiger partial charge in [0.05, 0.1) is 6.61 Å². The van der Waals surface area contributed by atoms with Crippen molar-refractivity contribution in [1.82, 2.24) is 10.2 Å². The molecule has 0 atom stereocenters. The van der Waals surface area contributed by atoms with Gasteiger partial charge in [-0.3, -0.25) is 9.59 Å². The van der Waals surface area contributed by atoms with Crippen LogP contribution in [0.15, 0.2) is 30.3 Å². The summed E-state index contributed by atoms with van der Waals surface area (Å²) in [6.45, 7) is 0.772. The number of nitrogens with one attached hydrogen (secondary N) is 1. The molecule has 1 rings (SSSR count). The highest BCUT2D eigenvalue weighted by molar-refractivity contribution is 5.94. The van der Waals surface area contributed by atoms with Crippen molar-refractivity contribution in [3.05, 3.63) is 35.9 Å². The Kier molecular flexibility index (Phi) is 6.60. The molecule has 0 radical (unpaired) electrons. The van der Waals surface area contributed by atoms with Gasteiger partial charge in [-0.25, -0.2) is 0 Å². The summed E-state index contributed by atoms with van der Waals surface area (Å²) >= 11 is 0. The number of rotatable bonds is 7. The van der Waals surface area contributed by atoms with Gasteiger partial charge < -0.3 is 15.3 Å². The van der Waals surface area contributed by atoms with Crippen molar-refractivity contribution in [3.8, 4) is 0 Å². The van der Waals surface area contributed by atoms with Crippen LogP contribution in [0.2, 0.25) is 0 Å². The number of amides is 2. The Bertz CT molecular complexity index is 406. The summed E-state index contributed by atoms with van der Waals surface area (Å²) < 4.78 is 0. The number of nitrogens with zero attached hydrogens (tertiary/aromatic N) is 1. The van der Waals surface area contributed by atoms with Gasteiger partial charge in [-0.1, -0.05) is 18.2 Å². The van der Waals surface area contributed by atoms with Crippen LogP contribution in [-0.2, 0) is 4.79 Å². The zero-order valence-corrected chi connectivity index (χ0v) is 11.1. The average molecular weight is 264 g/mol. The summed E-state index contributed by atoms with van der Waals surface area (Å²) in [7, 11) is 1.65. The number of carbonyl (C=O) groups excluding carboxylic acids is 2. The van der Waals surface area contributed by atoms with Crippen LogP contribution in [0.3, 0.4) is 0 Å². The highest BCUT2D eigenvalue weighted by atomic mass is 16.3. The number of benzene rings is 1. The summed E-state index contributed by atoms with van der Waals surface area (Å²) in [4.78, 5) is 24.7. The van der Waals surface area contributed by atoms with Gasteiger partial charge >= 0.3 is 0 Å². The quantitative estimate of drug-likeness (QED) is 0.710. The van der Waals surface area contributed by atoms with Crippen LogP contribution in [0.1, 0.15) is 23.2 Å². The molecule has 0 spiro atoms. The summed E-state index contributed by atoms with van der Waals surface area (Å²) in [5.74, 6) is -0.153. The number of aliphatic hydroxyl groups excluding tert-OH is 1. The van der Waals surface area contributed by atoms with E-state index in [0.29, 0.717) is 31.5 Å². The van der Waals surface area contributed by atoms with E-state index in [0.717, 1.165) is 0 Å². The van der Waals surface area contributed by atoms with E-state index in [2.05, 4.69) is 5.32 Å². The predicted octanol–water partition coefficient (Wildman–Crippen LogP) is 0.647. The van der Waals surface area contributed by atoms with Crippen molar-refractivity contribution < 1.29 is 14.7 Å². The van der Waals surface area contributed by atoms with Crippen LogP contribution in [-0.4, -0.2) is 48.6 Å². The third kappa shape index (κ3) is 5.52. The molecule has 5 nitrogen and oxygen atoms in total. The molecule has 1 aromatic rings. The standard InChI is InChI=1S/C14H20N2O3/c1-16(10-11-17)13(18)8-5-9-15-14(19)12-6-3-2-4-7-12/h2-4,6-7,17H,5,8-11H2,1H3,(H,15,19). The fourth-order valence-corrected chi connectivity index (χ4v) is 1.60. The molecule has 2 amide bonds. The fourth-order valence-electron chi connectivity index (χ4n) is 1.60. The molecule has 0 aromatic heterocycles. The molecule has 0 aliphatic rings. The van der Waals surface area contributed by atoms with Gasteiger partial charge in [0, 0.05) is 32.1 Å². The highest BCUT2D eigenvalue weighted by Gasteiger charge is 2.08. The molecule has 0 fully saturated rings. The minimum Gasteiger partial charge on any atom is -0.395 e. The van der Waals surface area contributed by atoms with Gasteiger partial charge in [0.1, 0.15) is 0 Å². The van der Waals surface area contributed by atoms with Crippen LogP contribution >= 0.6 is 0 Å². The molecule has 0 saturated carbocycles. The van der Waals surface area contributed by atoms with Crippen LogP contribution in [0.4, 0.5) is 0 Å². The Hall–Kier alpha value is -1.88. The summed E-state index contributed by atoms with van der Waals surface area (Å²) in [6, 6.07) is 8.96. The lowest BCUT2D eigenvalue weighted by molar-refractivity contribution is -0.130. The number of hydrogen-bond acceptors (Lipinski definition) is 3. The lowest BCUT2D eigenvalue weighted by Gasteiger charge is -2.15. The molecular formula is C14H20N2O3. The molecule has 19 heavy (non-hydrogen) atoms. The third-order valence-corrected chi connectivity index (χ3v) is 2.75. The molecule has 5 heteroatoms. The zero-order chi connectivity index (χ0) is 14.1. The first-order valence-electron chi connectivity index (χ1n) is 6.33. The van der Waals surface area contributed by atoms with Crippen LogP contribution in [0.25, 0.3) is 0 Å². The SMILES string of the molecule is CN(CCO)C(=O)CCCNC(=O)c1ccccc1. The van der Waals surface area contributed by atoms with Crippen molar-refractivity contribution in [3.63, 3.8) is 0 Å². The molecule has 0 saturated heterocycles. The molecule has 2 N–H and O–H groups in total. The van der Waals surface area contributed by atoms with Crippen molar-refractivity contribution in [2.24, 2.45) is 0 Å². The molecule has 0 bridgehead atoms. The number of likely N-dealkylation sites (N-methyl/N-ethyl adjacent to an activating group) is 1. The lowest BCUT2D eigenvalue weighted by Crippen LogP contribution is -2.30. The van der Waals surface area contributed by atoms with Crippen molar-refractivity contribution in [1.29, 1.82) is 0 Å². The maximum atomic E-state index is 11.7. The van der Waals surface area contributed by atoms with E-state index in [1.807, 2.05) is 18.2 Å². The molecule has 0 heterocycles. The normalized spacial score (nSPS) is 10.0. The monoisotopic (exact) mass is 264 g/mol. The predicted molar refractivity (Wildman–Crippen MR) is 72.7 cm³/mol. The Labute approximate surface area is 113 Å². The van der Waals surface area contributed by atoms with E-state index in [1.165, 1.54) is 4.90 Å². The largest absolute Gasteiger partial charge is 0.395 e. The maximum Gasteiger partial charge on any atom is 0.251 e. The Morgan fingerprint density at radius 3 is 2.58 bits per heavy atom. The van der Waals surface area contributed by atoms with E-state index in [4.69, 9.17) is 5.11 Å². The van der Waals surface area contributed by atoms with Gasteiger partial charge in [0.25, 0.3) is 5.91 Å². The lowest BCUT2D eigenvalue weighted by atomic mass is 10.2. The van der Waals surface area contributed by atoms with Gasteiger partial charge in [-0.05, 0) is 18.6 Å². The fraction of sp³-hybridized carbons (Fsp3) is 0.429. The highest BCUT2D eigenvalue weighted by Crippen LogP contribution is 1.99. The van der Waals surface area contributed by atoms with Gasteiger partial charge in [-0.2, -0.15) is 0 Å². The molecule has 0 aliphatic heterocycles. The number of hydrogen-bond donors (Lipinski definition) is 2. The van der Waals surface area contributed by atoms with E-state index in [9.17, 15) is 9.59 Å². The Balaban J connectivity index is 2.21. The van der Waals surface area contributed by atoms with Gasteiger partial charge in [0.15, 0.2) is 0 Å². The first-order chi connectivity index (χ1) is 9.15. The van der Waals surface area contributed by atoms with Crippen molar-refractivity contribution in [2.45, 2.75) is 12.8 Å².